The molecular weight excluding hydrogens is 346 g/mol. The molecule has 0 spiro atoms. The Hall–Kier alpha value is -1.88. The molecule has 2 aromatic carbocycles. The Morgan fingerprint density at radius 2 is 1.58 bits per heavy atom. The van der Waals surface area contributed by atoms with Gasteiger partial charge in [-0.3, -0.25) is 9.69 Å². The summed E-state index contributed by atoms with van der Waals surface area (Å²) in [6.45, 7) is 3.05. The molecular formula is C21H24ClN3O. The van der Waals surface area contributed by atoms with Crippen LogP contribution in [0.5, 0.6) is 0 Å². The molecule has 2 aliphatic rings. The van der Waals surface area contributed by atoms with Gasteiger partial charge in [-0.2, -0.15) is 0 Å². The molecule has 4 rings (SSSR count). The van der Waals surface area contributed by atoms with Crippen LogP contribution < -0.4 is 5.73 Å². The molecule has 5 heteroatoms. The third kappa shape index (κ3) is 3.37. The fraction of sp³-hybridized carbons (Fsp3) is 0.381. The average molecular weight is 370 g/mol. The van der Waals surface area contributed by atoms with Gasteiger partial charge in [-0.1, -0.05) is 60.1 Å². The van der Waals surface area contributed by atoms with Crippen LogP contribution in [0.25, 0.3) is 0 Å². The van der Waals surface area contributed by atoms with Gasteiger partial charge < -0.3 is 10.6 Å². The zero-order valence-electron chi connectivity index (χ0n) is 14.8. The number of rotatable bonds is 4. The number of benzene rings is 2. The quantitative estimate of drug-likeness (QED) is 0.901. The summed E-state index contributed by atoms with van der Waals surface area (Å²) in [5, 5.41) is 0.777. The highest BCUT2D eigenvalue weighted by Crippen LogP contribution is 2.36. The highest BCUT2D eigenvalue weighted by Gasteiger charge is 2.48. The predicted octanol–water partition coefficient (Wildman–Crippen LogP) is 3.06. The highest BCUT2D eigenvalue weighted by atomic mass is 35.5. The molecule has 1 amide bonds. The van der Waals surface area contributed by atoms with E-state index in [-0.39, 0.29) is 11.9 Å². The van der Waals surface area contributed by atoms with Gasteiger partial charge in [0.05, 0.1) is 11.6 Å². The lowest BCUT2D eigenvalue weighted by Gasteiger charge is -2.40. The minimum absolute atomic E-state index is 0.0925. The molecule has 1 unspecified atom stereocenters. The van der Waals surface area contributed by atoms with Crippen molar-refractivity contribution in [3.8, 4) is 0 Å². The van der Waals surface area contributed by atoms with Crippen molar-refractivity contribution in [2.24, 2.45) is 5.73 Å². The molecule has 136 valence electrons. The van der Waals surface area contributed by atoms with Gasteiger partial charge in [-0.05, 0) is 30.0 Å². The lowest BCUT2D eigenvalue weighted by atomic mass is 9.96. The summed E-state index contributed by atoms with van der Waals surface area (Å²) in [7, 11) is 0. The summed E-state index contributed by atoms with van der Waals surface area (Å²) in [5.74, 6) is 0.117. The van der Waals surface area contributed by atoms with Crippen LogP contribution >= 0.6 is 11.6 Å². The Morgan fingerprint density at radius 3 is 2.19 bits per heavy atom. The van der Waals surface area contributed by atoms with E-state index in [1.54, 1.807) is 0 Å². The minimum Gasteiger partial charge on any atom is -0.339 e. The zero-order valence-corrected chi connectivity index (χ0v) is 15.5. The largest absolute Gasteiger partial charge is 0.339 e. The number of amides is 1. The summed E-state index contributed by atoms with van der Waals surface area (Å²) in [6, 6.07) is 18.6. The van der Waals surface area contributed by atoms with Crippen molar-refractivity contribution < 1.29 is 4.79 Å². The third-order valence-corrected chi connectivity index (χ3v) is 5.84. The van der Waals surface area contributed by atoms with Crippen LogP contribution in [0.4, 0.5) is 0 Å². The van der Waals surface area contributed by atoms with Crippen molar-refractivity contribution in [2.45, 2.75) is 24.4 Å². The van der Waals surface area contributed by atoms with Gasteiger partial charge in [0.2, 0.25) is 5.91 Å². The summed E-state index contributed by atoms with van der Waals surface area (Å²) in [4.78, 5) is 16.9. The van der Waals surface area contributed by atoms with Crippen LogP contribution in [0, 0.1) is 0 Å². The minimum atomic E-state index is -0.580. The number of hydrogen-bond donors (Lipinski definition) is 1. The van der Waals surface area contributed by atoms with E-state index in [1.165, 1.54) is 5.56 Å². The van der Waals surface area contributed by atoms with E-state index in [2.05, 4.69) is 35.2 Å². The van der Waals surface area contributed by atoms with E-state index in [1.807, 2.05) is 29.2 Å². The lowest BCUT2D eigenvalue weighted by molar-refractivity contribution is -0.135. The predicted molar refractivity (Wildman–Crippen MR) is 104 cm³/mol. The summed E-state index contributed by atoms with van der Waals surface area (Å²) >= 11 is 6.53. The van der Waals surface area contributed by atoms with Crippen LogP contribution in [-0.4, -0.2) is 47.4 Å². The van der Waals surface area contributed by atoms with Gasteiger partial charge in [0, 0.05) is 31.2 Å². The SMILES string of the molecule is NC1(C(=O)N2CCN(C(c3ccccc3)c3ccccc3Cl)CC2)CC1. The van der Waals surface area contributed by atoms with Gasteiger partial charge in [-0.15, -0.1) is 0 Å². The van der Waals surface area contributed by atoms with Crippen molar-refractivity contribution >= 4 is 17.5 Å². The van der Waals surface area contributed by atoms with E-state index in [0.29, 0.717) is 13.1 Å². The molecule has 2 aromatic rings. The van der Waals surface area contributed by atoms with Gasteiger partial charge in [0.25, 0.3) is 0 Å². The number of nitrogens with zero attached hydrogens (tertiary/aromatic N) is 2. The van der Waals surface area contributed by atoms with Crippen molar-refractivity contribution in [1.82, 2.24) is 9.80 Å². The average Bonchev–Trinajstić information content (AvgIpc) is 3.43. The number of hydrogen-bond acceptors (Lipinski definition) is 3. The first-order chi connectivity index (χ1) is 12.6. The molecule has 1 saturated heterocycles. The maximum atomic E-state index is 12.5. The molecule has 1 atom stereocenters. The second-order valence-electron chi connectivity index (χ2n) is 7.32. The molecule has 4 nitrogen and oxygen atoms in total. The van der Waals surface area contributed by atoms with Gasteiger partial charge >= 0.3 is 0 Å². The molecule has 0 aromatic heterocycles. The van der Waals surface area contributed by atoms with Crippen LogP contribution in [0.1, 0.15) is 30.0 Å². The van der Waals surface area contributed by atoms with E-state index in [0.717, 1.165) is 36.5 Å². The van der Waals surface area contributed by atoms with Crippen LogP contribution in [0.3, 0.4) is 0 Å². The van der Waals surface area contributed by atoms with Gasteiger partial charge in [-0.25, -0.2) is 0 Å². The van der Waals surface area contributed by atoms with E-state index in [4.69, 9.17) is 17.3 Å². The Bertz CT molecular complexity index is 783. The smallest absolute Gasteiger partial charge is 0.242 e. The van der Waals surface area contributed by atoms with Gasteiger partial charge in [0.15, 0.2) is 0 Å². The van der Waals surface area contributed by atoms with Crippen molar-refractivity contribution in [2.75, 3.05) is 26.2 Å². The monoisotopic (exact) mass is 369 g/mol. The topological polar surface area (TPSA) is 49.6 Å². The number of carbonyl (C=O) groups is 1. The molecule has 1 aliphatic heterocycles. The zero-order chi connectivity index (χ0) is 18.1. The Morgan fingerprint density at radius 1 is 0.962 bits per heavy atom. The maximum Gasteiger partial charge on any atom is 0.242 e. The van der Waals surface area contributed by atoms with Crippen molar-refractivity contribution in [3.05, 3.63) is 70.7 Å². The molecule has 1 saturated carbocycles. The second kappa shape index (κ2) is 7.03. The molecule has 0 bridgehead atoms. The van der Waals surface area contributed by atoms with E-state index >= 15 is 0 Å². The number of piperazine rings is 1. The molecule has 2 N–H and O–H groups in total. The molecule has 2 fully saturated rings. The summed E-state index contributed by atoms with van der Waals surface area (Å²) in [6.07, 6.45) is 1.64. The number of halogens is 1. The van der Waals surface area contributed by atoms with Gasteiger partial charge in [0.1, 0.15) is 0 Å². The van der Waals surface area contributed by atoms with Crippen LogP contribution in [0.15, 0.2) is 54.6 Å². The highest BCUT2D eigenvalue weighted by molar-refractivity contribution is 6.31. The number of nitrogens with two attached hydrogens (primary N) is 1. The Labute approximate surface area is 159 Å². The lowest BCUT2D eigenvalue weighted by Crippen LogP contribution is -2.54. The Kier molecular flexibility index (Phi) is 4.74. The second-order valence-corrected chi connectivity index (χ2v) is 7.73. The third-order valence-electron chi connectivity index (χ3n) is 5.50. The van der Waals surface area contributed by atoms with E-state index in [9.17, 15) is 4.79 Å². The first-order valence-corrected chi connectivity index (χ1v) is 9.58. The Balaban J connectivity index is 1.56. The first kappa shape index (κ1) is 17.5. The van der Waals surface area contributed by atoms with Crippen molar-refractivity contribution in [3.63, 3.8) is 0 Å². The van der Waals surface area contributed by atoms with Crippen molar-refractivity contribution in [1.29, 1.82) is 0 Å². The fourth-order valence-corrected chi connectivity index (χ4v) is 4.00. The van der Waals surface area contributed by atoms with Crippen LogP contribution in [-0.2, 0) is 4.79 Å². The maximum absolute atomic E-state index is 12.5. The standard InChI is InChI=1S/C21H24ClN3O/c22-18-9-5-4-8-17(18)19(16-6-2-1-3-7-16)24-12-14-25(15-13-24)20(26)21(23)10-11-21/h1-9,19H,10-15,23H2. The summed E-state index contributed by atoms with van der Waals surface area (Å²) in [5.41, 5.74) is 7.84. The first-order valence-electron chi connectivity index (χ1n) is 9.20. The molecule has 0 radical (unpaired) electrons. The fourth-order valence-electron chi connectivity index (χ4n) is 3.77. The normalized spacial score (nSPS) is 20.6. The molecule has 1 aliphatic carbocycles. The summed E-state index contributed by atoms with van der Waals surface area (Å²) < 4.78 is 0. The van der Waals surface area contributed by atoms with E-state index < -0.39 is 5.54 Å². The molecule has 26 heavy (non-hydrogen) atoms. The van der Waals surface area contributed by atoms with Crippen LogP contribution in [0.2, 0.25) is 5.02 Å². The molecule has 1 heterocycles. The number of carbonyl (C=O) groups excluding carboxylic acids is 1.